The lowest BCUT2D eigenvalue weighted by Gasteiger charge is -2.13. The largest absolute Gasteiger partial charge is 0.395 e. The number of aromatic nitrogens is 2. The van der Waals surface area contributed by atoms with Gasteiger partial charge in [-0.05, 0) is 5.57 Å². The fraction of sp³-hybridized carbons (Fsp3) is 0.400. The first kappa shape index (κ1) is 12.2. The minimum absolute atomic E-state index is 0.195. The molecular formula is C10H12N2O4S. The molecule has 0 saturated carbocycles. The standard InChI is InChI=1S/C10H12N2O4S/c1-5-8(15)6(4-13)17-9(5)12-3-2-7(14)11-10(12)16/h2-3,6,8-9,13,15H,1,4H2,(H,11,14,16)/t6-,8+,9-/m1/s1. The van der Waals surface area contributed by atoms with Gasteiger partial charge in [-0.15, -0.1) is 11.8 Å². The van der Waals surface area contributed by atoms with Crippen LogP contribution >= 0.6 is 11.8 Å². The molecule has 0 aromatic carbocycles. The molecule has 1 aliphatic heterocycles. The predicted octanol–water partition coefficient (Wildman–Crippen LogP) is -0.940. The Morgan fingerprint density at radius 1 is 1.53 bits per heavy atom. The van der Waals surface area contributed by atoms with E-state index in [4.69, 9.17) is 5.11 Å². The number of aromatic amines is 1. The van der Waals surface area contributed by atoms with Crippen LogP contribution in [0.1, 0.15) is 5.37 Å². The van der Waals surface area contributed by atoms with E-state index in [1.54, 1.807) is 0 Å². The Hall–Kier alpha value is -1.31. The Kier molecular flexibility index (Phi) is 3.23. The highest BCUT2D eigenvalue weighted by atomic mass is 32.2. The maximum Gasteiger partial charge on any atom is 0.329 e. The Morgan fingerprint density at radius 3 is 2.76 bits per heavy atom. The van der Waals surface area contributed by atoms with Gasteiger partial charge in [0.15, 0.2) is 0 Å². The lowest BCUT2D eigenvalue weighted by molar-refractivity contribution is 0.172. The van der Waals surface area contributed by atoms with Crippen LogP contribution in [0.2, 0.25) is 0 Å². The van der Waals surface area contributed by atoms with Crippen LogP contribution in [0, 0.1) is 0 Å². The van der Waals surface area contributed by atoms with Crippen molar-refractivity contribution in [2.45, 2.75) is 16.7 Å². The van der Waals surface area contributed by atoms with Crippen LogP contribution in [0.25, 0.3) is 0 Å². The quantitative estimate of drug-likeness (QED) is 0.594. The van der Waals surface area contributed by atoms with Crippen LogP contribution in [0.3, 0.4) is 0 Å². The zero-order chi connectivity index (χ0) is 12.6. The maximum atomic E-state index is 11.6. The van der Waals surface area contributed by atoms with E-state index < -0.39 is 28.0 Å². The minimum Gasteiger partial charge on any atom is -0.395 e. The van der Waals surface area contributed by atoms with Gasteiger partial charge in [0.25, 0.3) is 5.56 Å². The smallest absolute Gasteiger partial charge is 0.329 e. The third kappa shape index (κ3) is 2.08. The van der Waals surface area contributed by atoms with Crippen LogP contribution in [0.15, 0.2) is 34.0 Å². The summed E-state index contributed by atoms with van der Waals surface area (Å²) in [5.41, 5.74) is -0.579. The van der Waals surface area contributed by atoms with Crippen LogP contribution in [-0.4, -0.2) is 37.7 Å². The van der Waals surface area contributed by atoms with E-state index in [-0.39, 0.29) is 6.61 Å². The predicted molar refractivity (Wildman–Crippen MR) is 64.0 cm³/mol. The average molecular weight is 256 g/mol. The van der Waals surface area contributed by atoms with Crippen LogP contribution in [0.5, 0.6) is 0 Å². The van der Waals surface area contributed by atoms with Gasteiger partial charge in [-0.3, -0.25) is 14.3 Å². The SMILES string of the molecule is C=C1[C@H](n2ccc(=O)[nH]c2=O)S[C@H](CO)[C@H]1O. The molecule has 0 aliphatic carbocycles. The highest BCUT2D eigenvalue weighted by Gasteiger charge is 2.38. The molecule has 0 bridgehead atoms. The van der Waals surface area contributed by atoms with Gasteiger partial charge in [0.1, 0.15) is 5.37 Å². The fourth-order valence-corrected chi connectivity index (χ4v) is 3.06. The van der Waals surface area contributed by atoms with E-state index in [1.165, 1.54) is 28.6 Å². The van der Waals surface area contributed by atoms with E-state index in [2.05, 4.69) is 11.6 Å². The summed E-state index contributed by atoms with van der Waals surface area (Å²) < 4.78 is 1.28. The monoisotopic (exact) mass is 256 g/mol. The number of H-pyrrole nitrogens is 1. The van der Waals surface area contributed by atoms with E-state index in [1.807, 2.05) is 0 Å². The number of hydrogen-bond donors (Lipinski definition) is 3. The summed E-state index contributed by atoms with van der Waals surface area (Å²) in [5, 5.41) is 18.0. The minimum atomic E-state index is -0.853. The van der Waals surface area contributed by atoms with Crippen molar-refractivity contribution in [2.75, 3.05) is 6.61 Å². The van der Waals surface area contributed by atoms with Gasteiger partial charge in [-0.1, -0.05) is 6.58 Å². The number of nitrogens with zero attached hydrogens (tertiary/aromatic N) is 1. The highest BCUT2D eigenvalue weighted by molar-refractivity contribution is 8.00. The summed E-state index contributed by atoms with van der Waals surface area (Å²) >= 11 is 1.24. The first-order valence-corrected chi connectivity index (χ1v) is 5.93. The number of rotatable bonds is 2. The molecule has 1 aliphatic rings. The second kappa shape index (κ2) is 4.52. The number of aliphatic hydroxyl groups is 2. The second-order valence-corrected chi connectivity index (χ2v) is 5.07. The Labute approximate surface area is 101 Å². The zero-order valence-electron chi connectivity index (χ0n) is 8.87. The van der Waals surface area contributed by atoms with Gasteiger partial charge in [-0.25, -0.2) is 4.79 Å². The van der Waals surface area contributed by atoms with E-state index >= 15 is 0 Å². The van der Waals surface area contributed by atoms with Crippen molar-refractivity contribution in [1.29, 1.82) is 0 Å². The lowest BCUT2D eigenvalue weighted by Crippen LogP contribution is -2.30. The van der Waals surface area contributed by atoms with Crippen LogP contribution in [-0.2, 0) is 0 Å². The molecule has 1 fully saturated rings. The normalized spacial score (nSPS) is 28.6. The Morgan fingerprint density at radius 2 is 2.24 bits per heavy atom. The summed E-state index contributed by atoms with van der Waals surface area (Å²) in [7, 11) is 0. The molecule has 1 saturated heterocycles. The fourth-order valence-electron chi connectivity index (χ4n) is 1.71. The molecule has 0 unspecified atom stereocenters. The number of nitrogens with one attached hydrogen (secondary N) is 1. The van der Waals surface area contributed by atoms with Crippen molar-refractivity contribution in [3.63, 3.8) is 0 Å². The highest BCUT2D eigenvalue weighted by Crippen LogP contribution is 2.43. The second-order valence-electron chi connectivity index (χ2n) is 3.75. The Balaban J connectivity index is 2.39. The van der Waals surface area contributed by atoms with Crippen LogP contribution < -0.4 is 11.2 Å². The summed E-state index contributed by atoms with van der Waals surface area (Å²) in [5.74, 6) is 0. The molecule has 2 heterocycles. The average Bonchev–Trinajstić information content (AvgIpc) is 2.57. The molecular weight excluding hydrogens is 244 g/mol. The molecule has 7 heteroatoms. The topological polar surface area (TPSA) is 95.3 Å². The van der Waals surface area contributed by atoms with E-state index in [0.29, 0.717) is 5.57 Å². The molecule has 0 amide bonds. The van der Waals surface area contributed by atoms with Gasteiger partial charge in [-0.2, -0.15) is 0 Å². The summed E-state index contributed by atoms with van der Waals surface area (Å²) in [4.78, 5) is 24.7. The first-order valence-electron chi connectivity index (χ1n) is 4.99. The zero-order valence-corrected chi connectivity index (χ0v) is 9.68. The third-order valence-electron chi connectivity index (χ3n) is 2.64. The van der Waals surface area contributed by atoms with Gasteiger partial charge in [0.05, 0.1) is 18.0 Å². The molecule has 1 aromatic rings. The van der Waals surface area contributed by atoms with Crippen molar-refractivity contribution in [1.82, 2.24) is 9.55 Å². The molecule has 17 heavy (non-hydrogen) atoms. The molecule has 3 N–H and O–H groups in total. The number of hydrogen-bond acceptors (Lipinski definition) is 5. The van der Waals surface area contributed by atoms with E-state index in [9.17, 15) is 14.7 Å². The molecule has 92 valence electrons. The van der Waals surface area contributed by atoms with Crippen molar-refractivity contribution in [3.05, 3.63) is 45.3 Å². The molecule has 3 atom stereocenters. The van der Waals surface area contributed by atoms with E-state index in [0.717, 1.165) is 0 Å². The summed E-state index contributed by atoms with van der Waals surface area (Å²) in [6.45, 7) is 3.53. The van der Waals surface area contributed by atoms with Gasteiger partial charge in [0, 0.05) is 12.3 Å². The summed E-state index contributed by atoms with van der Waals surface area (Å²) in [6.07, 6.45) is 0.505. The summed E-state index contributed by atoms with van der Waals surface area (Å²) in [6, 6.07) is 1.23. The van der Waals surface area contributed by atoms with Crippen molar-refractivity contribution < 1.29 is 10.2 Å². The molecule has 0 radical (unpaired) electrons. The number of thioether (sulfide) groups is 1. The van der Waals surface area contributed by atoms with Gasteiger partial charge >= 0.3 is 5.69 Å². The van der Waals surface area contributed by atoms with Crippen molar-refractivity contribution in [2.24, 2.45) is 0 Å². The van der Waals surface area contributed by atoms with Gasteiger partial charge < -0.3 is 10.2 Å². The third-order valence-corrected chi connectivity index (χ3v) is 4.18. The molecule has 0 spiro atoms. The van der Waals surface area contributed by atoms with Crippen molar-refractivity contribution >= 4 is 11.8 Å². The molecule has 1 aromatic heterocycles. The lowest BCUT2D eigenvalue weighted by atomic mass is 10.1. The number of aliphatic hydroxyl groups excluding tert-OH is 2. The van der Waals surface area contributed by atoms with Crippen LogP contribution in [0.4, 0.5) is 0 Å². The van der Waals surface area contributed by atoms with Gasteiger partial charge in [0.2, 0.25) is 0 Å². The molecule has 2 rings (SSSR count). The van der Waals surface area contributed by atoms with Crippen molar-refractivity contribution in [3.8, 4) is 0 Å². The Bertz CT molecular complexity index is 550. The molecule has 6 nitrogen and oxygen atoms in total. The first-order chi connectivity index (χ1) is 8.04. The maximum absolute atomic E-state index is 11.6.